The summed E-state index contributed by atoms with van der Waals surface area (Å²) in [5.74, 6) is 0.709. The fourth-order valence-corrected chi connectivity index (χ4v) is 1.15. The summed E-state index contributed by atoms with van der Waals surface area (Å²) in [4.78, 5) is 16.0. The number of nitrogens with one attached hydrogen (secondary N) is 2. The number of aromatic amines is 2. The largest absolute Gasteiger partial charge is 0.383 e. The number of anilines is 1. The first-order valence-corrected chi connectivity index (χ1v) is 4.46. The molecule has 0 saturated heterocycles. The van der Waals surface area contributed by atoms with E-state index in [1.807, 2.05) is 6.08 Å². The van der Waals surface area contributed by atoms with Crippen LogP contribution in [-0.4, -0.2) is 9.97 Å². The van der Waals surface area contributed by atoms with Crippen LogP contribution in [0.25, 0.3) is 6.08 Å². The van der Waals surface area contributed by atoms with Crippen molar-refractivity contribution in [2.75, 3.05) is 5.73 Å². The van der Waals surface area contributed by atoms with E-state index in [-0.39, 0.29) is 5.69 Å². The van der Waals surface area contributed by atoms with Gasteiger partial charge in [0.1, 0.15) is 5.82 Å². The summed E-state index contributed by atoms with van der Waals surface area (Å²) < 4.78 is 0. The molecule has 1 aromatic heterocycles. The Kier molecular flexibility index (Phi) is 2.96. The smallest absolute Gasteiger partial charge is 0.324 e. The van der Waals surface area contributed by atoms with Gasteiger partial charge in [0.25, 0.3) is 0 Å². The molecule has 0 saturated carbocycles. The maximum atomic E-state index is 10.9. The van der Waals surface area contributed by atoms with E-state index in [2.05, 4.69) is 30.4 Å². The minimum Gasteiger partial charge on any atom is -0.383 e. The standard InChI is InChI=1S/C10H15N3O/c1-4-7(6(2)3)5-8-9(11)13-10(14)12-8/h4-6H,1,11H2,2-3H3,(H2,12,13,14)/b7-5+. The highest BCUT2D eigenvalue weighted by atomic mass is 16.1. The maximum Gasteiger partial charge on any atom is 0.324 e. The number of aromatic nitrogens is 2. The lowest BCUT2D eigenvalue weighted by Crippen LogP contribution is -2.01. The number of nitrogen functional groups attached to an aromatic ring is 1. The summed E-state index contributed by atoms with van der Waals surface area (Å²) >= 11 is 0. The molecule has 14 heavy (non-hydrogen) atoms. The van der Waals surface area contributed by atoms with Gasteiger partial charge >= 0.3 is 5.69 Å². The van der Waals surface area contributed by atoms with Crippen LogP contribution in [0.15, 0.2) is 23.0 Å². The van der Waals surface area contributed by atoms with Crippen LogP contribution in [0, 0.1) is 5.92 Å². The van der Waals surface area contributed by atoms with Gasteiger partial charge in [-0.15, -0.1) is 0 Å². The van der Waals surface area contributed by atoms with Crippen molar-refractivity contribution in [2.45, 2.75) is 13.8 Å². The molecule has 1 heterocycles. The number of H-pyrrole nitrogens is 2. The predicted molar refractivity (Wildman–Crippen MR) is 58.8 cm³/mol. The van der Waals surface area contributed by atoms with Gasteiger partial charge in [-0.25, -0.2) is 4.79 Å². The van der Waals surface area contributed by atoms with Gasteiger partial charge in [0.2, 0.25) is 0 Å². The first-order chi connectivity index (χ1) is 6.54. The topological polar surface area (TPSA) is 74.7 Å². The van der Waals surface area contributed by atoms with E-state index < -0.39 is 0 Å². The number of allylic oxidation sites excluding steroid dienone is 2. The Morgan fingerprint density at radius 2 is 2.14 bits per heavy atom. The predicted octanol–water partition coefficient (Wildman–Crippen LogP) is 1.51. The number of rotatable bonds is 3. The van der Waals surface area contributed by atoms with Gasteiger partial charge in [-0.1, -0.05) is 26.5 Å². The van der Waals surface area contributed by atoms with Gasteiger partial charge in [0.05, 0.1) is 5.69 Å². The molecule has 4 nitrogen and oxygen atoms in total. The van der Waals surface area contributed by atoms with E-state index in [1.165, 1.54) is 0 Å². The monoisotopic (exact) mass is 193 g/mol. The van der Waals surface area contributed by atoms with Crippen LogP contribution in [0.5, 0.6) is 0 Å². The molecular formula is C10H15N3O. The summed E-state index contributed by atoms with van der Waals surface area (Å²) in [6.45, 7) is 7.80. The highest BCUT2D eigenvalue weighted by Gasteiger charge is 2.03. The Labute approximate surface area is 82.5 Å². The summed E-state index contributed by atoms with van der Waals surface area (Å²) in [6.07, 6.45) is 3.58. The zero-order chi connectivity index (χ0) is 10.7. The zero-order valence-electron chi connectivity index (χ0n) is 8.42. The van der Waals surface area contributed by atoms with Crippen molar-refractivity contribution >= 4 is 11.9 Å². The van der Waals surface area contributed by atoms with Crippen LogP contribution < -0.4 is 11.4 Å². The molecule has 4 heteroatoms. The highest BCUT2D eigenvalue weighted by molar-refractivity contribution is 5.61. The fraction of sp³-hybridized carbons (Fsp3) is 0.300. The van der Waals surface area contributed by atoms with E-state index in [0.29, 0.717) is 17.4 Å². The number of hydrogen-bond donors (Lipinski definition) is 3. The first kappa shape index (κ1) is 10.4. The van der Waals surface area contributed by atoms with Crippen LogP contribution in [0.2, 0.25) is 0 Å². The fourth-order valence-electron chi connectivity index (χ4n) is 1.15. The van der Waals surface area contributed by atoms with Crippen molar-refractivity contribution < 1.29 is 0 Å². The average Bonchev–Trinajstić information content (AvgIpc) is 2.40. The minimum absolute atomic E-state index is 0.291. The highest BCUT2D eigenvalue weighted by Crippen LogP contribution is 2.15. The Balaban J connectivity index is 3.12. The van der Waals surface area contributed by atoms with E-state index in [0.717, 1.165) is 5.57 Å². The molecule has 0 aliphatic carbocycles. The second-order valence-electron chi connectivity index (χ2n) is 3.41. The SMILES string of the molecule is C=C/C(=C\c1[nH]c(=O)[nH]c1N)C(C)C. The zero-order valence-corrected chi connectivity index (χ0v) is 8.42. The Hall–Kier alpha value is -1.71. The molecule has 0 atom stereocenters. The molecule has 1 aromatic rings. The van der Waals surface area contributed by atoms with Gasteiger partial charge < -0.3 is 10.7 Å². The summed E-state index contributed by atoms with van der Waals surface area (Å²) in [5.41, 5.74) is 6.93. The minimum atomic E-state index is -0.291. The summed E-state index contributed by atoms with van der Waals surface area (Å²) in [7, 11) is 0. The molecule has 0 aliphatic rings. The van der Waals surface area contributed by atoms with Crippen LogP contribution >= 0.6 is 0 Å². The van der Waals surface area contributed by atoms with Crippen molar-refractivity contribution in [1.82, 2.24) is 9.97 Å². The third kappa shape index (κ3) is 2.16. The molecular weight excluding hydrogens is 178 g/mol. The Morgan fingerprint density at radius 3 is 2.50 bits per heavy atom. The molecule has 0 amide bonds. The molecule has 0 fully saturated rings. The number of nitrogens with two attached hydrogens (primary N) is 1. The molecule has 0 radical (unpaired) electrons. The summed E-state index contributed by atoms with van der Waals surface area (Å²) in [5, 5.41) is 0. The maximum absolute atomic E-state index is 10.9. The van der Waals surface area contributed by atoms with E-state index >= 15 is 0 Å². The second-order valence-corrected chi connectivity index (χ2v) is 3.41. The average molecular weight is 193 g/mol. The van der Waals surface area contributed by atoms with Gasteiger partial charge in [-0.05, 0) is 17.6 Å². The van der Waals surface area contributed by atoms with Gasteiger partial charge in [0, 0.05) is 0 Å². The van der Waals surface area contributed by atoms with Crippen molar-refractivity contribution in [1.29, 1.82) is 0 Å². The molecule has 0 spiro atoms. The molecule has 0 bridgehead atoms. The Morgan fingerprint density at radius 1 is 1.50 bits per heavy atom. The van der Waals surface area contributed by atoms with E-state index in [1.54, 1.807) is 6.08 Å². The third-order valence-corrected chi connectivity index (χ3v) is 2.00. The van der Waals surface area contributed by atoms with Crippen molar-refractivity contribution in [3.63, 3.8) is 0 Å². The van der Waals surface area contributed by atoms with Crippen LogP contribution in [0.4, 0.5) is 5.82 Å². The van der Waals surface area contributed by atoms with Crippen molar-refractivity contribution in [2.24, 2.45) is 5.92 Å². The van der Waals surface area contributed by atoms with Gasteiger partial charge in [0.15, 0.2) is 0 Å². The number of hydrogen-bond acceptors (Lipinski definition) is 2. The van der Waals surface area contributed by atoms with Crippen LogP contribution in [0.1, 0.15) is 19.5 Å². The molecule has 0 unspecified atom stereocenters. The molecule has 0 aromatic carbocycles. The van der Waals surface area contributed by atoms with Crippen molar-refractivity contribution in [3.05, 3.63) is 34.4 Å². The molecule has 0 aliphatic heterocycles. The molecule has 76 valence electrons. The quantitative estimate of drug-likeness (QED) is 0.636. The second kappa shape index (κ2) is 4.00. The van der Waals surface area contributed by atoms with Crippen LogP contribution in [-0.2, 0) is 0 Å². The Bertz CT molecular complexity index is 409. The van der Waals surface area contributed by atoms with Gasteiger partial charge in [-0.2, -0.15) is 0 Å². The van der Waals surface area contributed by atoms with Crippen molar-refractivity contribution in [3.8, 4) is 0 Å². The van der Waals surface area contributed by atoms with E-state index in [9.17, 15) is 4.79 Å². The molecule has 1 rings (SSSR count). The first-order valence-electron chi connectivity index (χ1n) is 4.46. The summed E-state index contributed by atoms with van der Waals surface area (Å²) in [6, 6.07) is 0. The number of imidazole rings is 1. The van der Waals surface area contributed by atoms with Crippen LogP contribution in [0.3, 0.4) is 0 Å². The lowest BCUT2D eigenvalue weighted by molar-refractivity contribution is 0.797. The van der Waals surface area contributed by atoms with Gasteiger partial charge in [-0.3, -0.25) is 4.98 Å². The normalized spacial score (nSPS) is 12.1. The third-order valence-electron chi connectivity index (χ3n) is 2.00. The lowest BCUT2D eigenvalue weighted by atomic mass is 10.0. The lowest BCUT2D eigenvalue weighted by Gasteiger charge is -2.04. The molecule has 4 N–H and O–H groups in total. The van der Waals surface area contributed by atoms with E-state index in [4.69, 9.17) is 5.73 Å².